The molecule has 1 aliphatic carbocycles. The SMILES string of the molecule is CCOC(=O)[C@@H]1CC[C@@H](C)[C@@H](NC(=O)OC(C)(C)C)C1. The Hall–Kier alpha value is -1.26. The molecule has 1 rings (SSSR count). The van der Waals surface area contributed by atoms with E-state index in [1.165, 1.54) is 0 Å². The number of hydrogen-bond acceptors (Lipinski definition) is 4. The number of amides is 1. The zero-order valence-electron chi connectivity index (χ0n) is 13.2. The number of carbonyl (C=O) groups excluding carboxylic acids is 2. The van der Waals surface area contributed by atoms with Gasteiger partial charge in [-0.2, -0.15) is 0 Å². The first-order valence-electron chi connectivity index (χ1n) is 7.39. The fraction of sp³-hybridized carbons (Fsp3) is 0.867. The van der Waals surface area contributed by atoms with E-state index in [1.807, 2.05) is 20.8 Å². The molecule has 3 atom stereocenters. The van der Waals surface area contributed by atoms with E-state index in [4.69, 9.17) is 9.47 Å². The zero-order valence-corrected chi connectivity index (χ0v) is 13.2. The summed E-state index contributed by atoms with van der Waals surface area (Å²) >= 11 is 0. The van der Waals surface area contributed by atoms with Crippen molar-refractivity contribution in [1.82, 2.24) is 5.32 Å². The number of carbonyl (C=O) groups is 2. The van der Waals surface area contributed by atoms with Crippen LogP contribution in [0.15, 0.2) is 0 Å². The maximum absolute atomic E-state index is 11.8. The maximum atomic E-state index is 11.8. The molecule has 0 radical (unpaired) electrons. The van der Waals surface area contributed by atoms with E-state index in [0.717, 1.165) is 12.8 Å². The molecular formula is C15H27NO4. The summed E-state index contributed by atoms with van der Waals surface area (Å²) in [6.45, 7) is 9.78. The van der Waals surface area contributed by atoms with Crippen LogP contribution < -0.4 is 5.32 Å². The van der Waals surface area contributed by atoms with Gasteiger partial charge < -0.3 is 14.8 Å². The van der Waals surface area contributed by atoms with Gasteiger partial charge in [-0.25, -0.2) is 4.79 Å². The van der Waals surface area contributed by atoms with Gasteiger partial charge in [0.1, 0.15) is 5.60 Å². The van der Waals surface area contributed by atoms with Crippen LogP contribution in [0, 0.1) is 11.8 Å². The summed E-state index contributed by atoms with van der Waals surface area (Å²) in [5.74, 6) is 0.0645. The lowest BCUT2D eigenvalue weighted by Gasteiger charge is -2.34. The molecule has 1 N–H and O–H groups in total. The van der Waals surface area contributed by atoms with E-state index >= 15 is 0 Å². The van der Waals surface area contributed by atoms with Crippen molar-refractivity contribution < 1.29 is 19.1 Å². The minimum atomic E-state index is -0.511. The largest absolute Gasteiger partial charge is 0.466 e. The van der Waals surface area contributed by atoms with E-state index in [1.54, 1.807) is 6.92 Å². The average molecular weight is 285 g/mol. The van der Waals surface area contributed by atoms with E-state index in [9.17, 15) is 9.59 Å². The van der Waals surface area contributed by atoms with Crippen LogP contribution >= 0.6 is 0 Å². The van der Waals surface area contributed by atoms with E-state index < -0.39 is 11.7 Å². The van der Waals surface area contributed by atoms with Crippen molar-refractivity contribution in [3.8, 4) is 0 Å². The van der Waals surface area contributed by atoms with Gasteiger partial charge in [0.05, 0.1) is 12.5 Å². The normalized spacial score (nSPS) is 26.8. The number of alkyl carbamates (subject to hydrolysis) is 1. The molecule has 0 aromatic heterocycles. The van der Waals surface area contributed by atoms with Crippen molar-refractivity contribution in [1.29, 1.82) is 0 Å². The highest BCUT2D eigenvalue weighted by Crippen LogP contribution is 2.30. The van der Waals surface area contributed by atoms with Crippen LogP contribution in [-0.2, 0) is 14.3 Å². The van der Waals surface area contributed by atoms with Crippen LogP contribution in [0.5, 0.6) is 0 Å². The third kappa shape index (κ3) is 5.39. The van der Waals surface area contributed by atoms with Gasteiger partial charge in [0.25, 0.3) is 0 Å². The molecule has 1 saturated carbocycles. The second kappa shape index (κ2) is 6.95. The van der Waals surface area contributed by atoms with Crippen LogP contribution in [0.25, 0.3) is 0 Å². The topological polar surface area (TPSA) is 64.6 Å². The van der Waals surface area contributed by atoms with E-state index in [2.05, 4.69) is 12.2 Å². The second-order valence-corrected chi connectivity index (χ2v) is 6.49. The fourth-order valence-electron chi connectivity index (χ4n) is 2.46. The van der Waals surface area contributed by atoms with Gasteiger partial charge in [-0.3, -0.25) is 4.79 Å². The molecule has 0 heterocycles. The Bertz CT molecular complexity index is 348. The summed E-state index contributed by atoms with van der Waals surface area (Å²) in [5.41, 5.74) is -0.511. The number of rotatable bonds is 3. The van der Waals surface area contributed by atoms with Crippen molar-refractivity contribution in [3.63, 3.8) is 0 Å². The van der Waals surface area contributed by atoms with Gasteiger partial charge in [-0.05, 0) is 52.9 Å². The van der Waals surface area contributed by atoms with Crippen LogP contribution in [0.3, 0.4) is 0 Å². The smallest absolute Gasteiger partial charge is 0.407 e. The lowest BCUT2D eigenvalue weighted by atomic mass is 9.79. The fourth-order valence-corrected chi connectivity index (χ4v) is 2.46. The van der Waals surface area contributed by atoms with Crippen molar-refractivity contribution >= 4 is 12.1 Å². The molecule has 0 spiro atoms. The standard InChI is InChI=1S/C15H27NO4/c1-6-19-13(17)11-8-7-10(2)12(9-11)16-14(18)20-15(3,4)5/h10-12H,6-9H2,1-5H3,(H,16,18)/t10-,11-,12+/m1/s1. The Morgan fingerprint density at radius 1 is 1.25 bits per heavy atom. The minimum absolute atomic E-state index is 0.0343. The van der Waals surface area contributed by atoms with Gasteiger partial charge in [-0.15, -0.1) is 0 Å². The second-order valence-electron chi connectivity index (χ2n) is 6.49. The first-order valence-corrected chi connectivity index (χ1v) is 7.39. The third-order valence-corrected chi connectivity index (χ3v) is 3.52. The average Bonchev–Trinajstić information content (AvgIpc) is 2.29. The zero-order chi connectivity index (χ0) is 15.3. The minimum Gasteiger partial charge on any atom is -0.466 e. The number of hydrogen-bond donors (Lipinski definition) is 1. The van der Waals surface area contributed by atoms with Crippen molar-refractivity contribution in [3.05, 3.63) is 0 Å². The monoisotopic (exact) mass is 285 g/mol. The molecule has 1 amide bonds. The van der Waals surface area contributed by atoms with E-state index in [0.29, 0.717) is 18.9 Å². The Morgan fingerprint density at radius 2 is 1.90 bits per heavy atom. The molecule has 5 nitrogen and oxygen atoms in total. The molecule has 116 valence electrons. The molecule has 20 heavy (non-hydrogen) atoms. The Balaban J connectivity index is 2.54. The number of nitrogens with one attached hydrogen (secondary N) is 1. The quantitative estimate of drug-likeness (QED) is 0.810. The Morgan fingerprint density at radius 3 is 2.45 bits per heavy atom. The van der Waals surface area contributed by atoms with Gasteiger partial charge in [-0.1, -0.05) is 6.92 Å². The van der Waals surface area contributed by atoms with Gasteiger partial charge in [0.2, 0.25) is 0 Å². The Kier molecular flexibility index (Phi) is 5.84. The third-order valence-electron chi connectivity index (χ3n) is 3.52. The van der Waals surface area contributed by atoms with Crippen LogP contribution in [-0.4, -0.2) is 30.3 Å². The van der Waals surface area contributed by atoms with Gasteiger partial charge in [0.15, 0.2) is 0 Å². The lowest BCUT2D eigenvalue weighted by molar-refractivity contribution is -0.149. The summed E-state index contributed by atoms with van der Waals surface area (Å²) in [7, 11) is 0. The van der Waals surface area contributed by atoms with E-state index in [-0.39, 0.29) is 17.9 Å². The maximum Gasteiger partial charge on any atom is 0.407 e. The first-order chi connectivity index (χ1) is 9.23. The molecule has 0 unspecified atom stereocenters. The first kappa shape index (κ1) is 16.8. The van der Waals surface area contributed by atoms with Crippen LogP contribution in [0.1, 0.15) is 53.9 Å². The van der Waals surface area contributed by atoms with Crippen molar-refractivity contribution in [2.75, 3.05) is 6.61 Å². The van der Waals surface area contributed by atoms with Gasteiger partial charge in [0, 0.05) is 6.04 Å². The summed E-state index contributed by atoms with van der Waals surface area (Å²) in [6.07, 6.45) is 1.94. The molecule has 0 aromatic carbocycles. The predicted molar refractivity (Wildman–Crippen MR) is 76.3 cm³/mol. The van der Waals surface area contributed by atoms with Gasteiger partial charge >= 0.3 is 12.1 Å². The molecule has 0 aromatic rings. The summed E-state index contributed by atoms with van der Waals surface area (Å²) in [6, 6.07) is -0.0343. The predicted octanol–water partition coefficient (Wildman–Crippen LogP) is 2.88. The van der Waals surface area contributed by atoms with Crippen molar-refractivity contribution in [2.45, 2.75) is 65.5 Å². The highest BCUT2D eigenvalue weighted by molar-refractivity contribution is 5.73. The highest BCUT2D eigenvalue weighted by Gasteiger charge is 2.34. The molecule has 5 heteroatoms. The van der Waals surface area contributed by atoms with Crippen LogP contribution in [0.2, 0.25) is 0 Å². The molecule has 0 saturated heterocycles. The molecule has 0 aliphatic heterocycles. The molecule has 1 fully saturated rings. The molecule has 0 bridgehead atoms. The Labute approximate surface area is 121 Å². The number of esters is 1. The summed E-state index contributed by atoms with van der Waals surface area (Å²) in [4.78, 5) is 23.6. The van der Waals surface area contributed by atoms with Crippen molar-refractivity contribution in [2.24, 2.45) is 11.8 Å². The highest BCUT2D eigenvalue weighted by atomic mass is 16.6. The lowest BCUT2D eigenvalue weighted by Crippen LogP contribution is -2.46. The number of ether oxygens (including phenoxy) is 2. The summed E-state index contributed by atoms with van der Waals surface area (Å²) < 4.78 is 10.3. The molecule has 1 aliphatic rings. The van der Waals surface area contributed by atoms with Crippen LogP contribution in [0.4, 0.5) is 4.79 Å². The molecular weight excluding hydrogens is 258 g/mol. The summed E-state index contributed by atoms with van der Waals surface area (Å²) in [5, 5.41) is 2.88.